The van der Waals surface area contributed by atoms with Crippen LogP contribution >= 0.6 is 11.8 Å². The number of pyridine rings is 1. The topological polar surface area (TPSA) is 88.2 Å². The van der Waals surface area contributed by atoms with Gasteiger partial charge < -0.3 is 5.32 Å². The number of hydrogen-bond acceptors (Lipinski definition) is 5. The van der Waals surface area contributed by atoms with E-state index in [9.17, 15) is 13.2 Å². The fraction of sp³-hybridized carbons (Fsp3) is 0.100. The number of amides is 1. The Labute approximate surface area is 168 Å². The molecule has 2 aromatic carbocycles. The van der Waals surface area contributed by atoms with E-state index in [0.717, 1.165) is 10.8 Å². The molecule has 0 bridgehead atoms. The van der Waals surface area contributed by atoms with E-state index >= 15 is 0 Å². The number of carbonyl (C=O) groups is 1. The van der Waals surface area contributed by atoms with E-state index in [1.54, 1.807) is 54.4 Å². The van der Waals surface area contributed by atoms with Crippen molar-refractivity contribution in [2.75, 3.05) is 15.8 Å². The van der Waals surface area contributed by atoms with Crippen LogP contribution < -0.4 is 10.0 Å². The summed E-state index contributed by atoms with van der Waals surface area (Å²) in [5.74, 6) is 0.588. The Morgan fingerprint density at radius 1 is 0.964 bits per heavy atom. The number of hydrogen-bond donors (Lipinski definition) is 2. The molecule has 0 aliphatic heterocycles. The van der Waals surface area contributed by atoms with E-state index in [1.165, 1.54) is 24.3 Å². The van der Waals surface area contributed by atoms with Crippen LogP contribution in [-0.4, -0.2) is 25.1 Å². The first kappa shape index (κ1) is 19.9. The van der Waals surface area contributed by atoms with E-state index in [4.69, 9.17) is 0 Å². The van der Waals surface area contributed by atoms with Crippen LogP contribution in [0.2, 0.25) is 0 Å². The summed E-state index contributed by atoms with van der Waals surface area (Å²) in [6.45, 7) is 2.04. The minimum atomic E-state index is -3.72. The lowest BCUT2D eigenvalue weighted by molar-refractivity contribution is 0.102. The molecule has 0 atom stereocenters. The van der Waals surface area contributed by atoms with E-state index in [0.29, 0.717) is 16.9 Å². The number of rotatable bonds is 7. The summed E-state index contributed by atoms with van der Waals surface area (Å²) >= 11 is 1.62. The lowest BCUT2D eigenvalue weighted by Crippen LogP contribution is -2.14. The Balaban J connectivity index is 1.68. The molecule has 3 rings (SSSR count). The Bertz CT molecular complexity index is 1040. The largest absolute Gasteiger partial charge is 0.321 e. The summed E-state index contributed by atoms with van der Waals surface area (Å²) in [5.41, 5.74) is 1.40. The minimum absolute atomic E-state index is 0.0792. The zero-order chi connectivity index (χ0) is 20.0. The molecule has 6 nitrogen and oxygen atoms in total. The summed E-state index contributed by atoms with van der Waals surface area (Å²) in [4.78, 5) is 16.7. The molecule has 1 heterocycles. The molecule has 8 heteroatoms. The Hall–Kier alpha value is -2.84. The highest BCUT2D eigenvalue weighted by Crippen LogP contribution is 2.19. The second-order valence-corrected chi connectivity index (χ2v) is 8.73. The lowest BCUT2D eigenvalue weighted by atomic mass is 10.2. The Morgan fingerprint density at radius 2 is 1.68 bits per heavy atom. The fourth-order valence-electron chi connectivity index (χ4n) is 2.40. The number of sulfonamides is 1. The number of aromatic nitrogens is 1. The summed E-state index contributed by atoms with van der Waals surface area (Å²) in [7, 11) is -3.72. The van der Waals surface area contributed by atoms with Crippen LogP contribution in [0.1, 0.15) is 17.3 Å². The van der Waals surface area contributed by atoms with Gasteiger partial charge in [0.2, 0.25) is 0 Å². The van der Waals surface area contributed by atoms with Crippen molar-refractivity contribution in [1.29, 1.82) is 0 Å². The highest BCUT2D eigenvalue weighted by molar-refractivity contribution is 7.99. The van der Waals surface area contributed by atoms with Crippen molar-refractivity contribution in [2.24, 2.45) is 0 Å². The third-order valence-electron chi connectivity index (χ3n) is 3.74. The van der Waals surface area contributed by atoms with Crippen molar-refractivity contribution < 1.29 is 13.2 Å². The molecule has 0 spiro atoms. The van der Waals surface area contributed by atoms with Crippen LogP contribution in [0.3, 0.4) is 0 Å². The maximum Gasteiger partial charge on any atom is 0.261 e. The van der Waals surface area contributed by atoms with Gasteiger partial charge in [-0.25, -0.2) is 13.4 Å². The molecule has 0 unspecified atom stereocenters. The van der Waals surface area contributed by atoms with Gasteiger partial charge in [-0.2, -0.15) is 0 Å². The van der Waals surface area contributed by atoms with Gasteiger partial charge in [-0.05, 0) is 54.3 Å². The maximum atomic E-state index is 12.4. The number of nitrogens with zero attached hydrogens (tertiary/aromatic N) is 1. The van der Waals surface area contributed by atoms with Crippen molar-refractivity contribution in [2.45, 2.75) is 16.8 Å². The molecule has 0 fully saturated rings. The quantitative estimate of drug-likeness (QED) is 0.566. The summed E-state index contributed by atoms with van der Waals surface area (Å²) in [5, 5.41) is 3.64. The van der Waals surface area contributed by atoms with Crippen LogP contribution in [0.4, 0.5) is 11.4 Å². The molecule has 28 heavy (non-hydrogen) atoms. The van der Waals surface area contributed by atoms with Gasteiger partial charge in [0.05, 0.1) is 21.8 Å². The SMILES string of the molecule is CCSc1ccc(NC(=O)c2ccc(S(=O)(=O)Nc3ccccc3)cc2)cn1. The average molecular weight is 414 g/mol. The molecule has 0 saturated carbocycles. The summed E-state index contributed by atoms with van der Waals surface area (Å²) < 4.78 is 27.4. The standard InChI is InChI=1S/C20H19N3O3S2/c1-2-27-19-13-10-17(14-21-19)22-20(24)15-8-11-18(12-9-15)28(25,26)23-16-6-4-3-5-7-16/h3-14,23H,2H2,1H3,(H,22,24). The third-order valence-corrected chi connectivity index (χ3v) is 5.96. The smallest absolute Gasteiger partial charge is 0.261 e. The van der Waals surface area contributed by atoms with Crippen molar-refractivity contribution in [3.63, 3.8) is 0 Å². The van der Waals surface area contributed by atoms with Gasteiger partial charge in [0.1, 0.15) is 0 Å². The zero-order valence-corrected chi connectivity index (χ0v) is 16.8. The number of anilines is 2. The summed E-state index contributed by atoms with van der Waals surface area (Å²) in [6, 6.07) is 18.0. The number of thioether (sulfide) groups is 1. The molecule has 0 radical (unpaired) electrons. The lowest BCUT2D eigenvalue weighted by Gasteiger charge is -2.09. The van der Waals surface area contributed by atoms with E-state index in [-0.39, 0.29) is 10.8 Å². The molecule has 1 aromatic heterocycles. The highest BCUT2D eigenvalue weighted by atomic mass is 32.2. The molecular weight excluding hydrogens is 394 g/mol. The van der Waals surface area contributed by atoms with Crippen LogP contribution in [-0.2, 0) is 10.0 Å². The zero-order valence-electron chi connectivity index (χ0n) is 15.1. The molecule has 0 aliphatic carbocycles. The first-order chi connectivity index (χ1) is 13.5. The van der Waals surface area contributed by atoms with Crippen molar-refractivity contribution >= 4 is 39.1 Å². The third kappa shape index (κ3) is 5.11. The second-order valence-electron chi connectivity index (χ2n) is 5.77. The van der Waals surface area contributed by atoms with Gasteiger partial charge in [0.15, 0.2) is 0 Å². The second kappa shape index (κ2) is 8.90. The molecule has 1 amide bonds. The minimum Gasteiger partial charge on any atom is -0.321 e. The molecular formula is C20H19N3O3S2. The summed E-state index contributed by atoms with van der Waals surface area (Å²) in [6.07, 6.45) is 1.60. The molecule has 0 aliphatic rings. The van der Waals surface area contributed by atoms with Crippen molar-refractivity contribution in [3.8, 4) is 0 Å². The predicted molar refractivity (Wildman–Crippen MR) is 112 cm³/mol. The fourth-order valence-corrected chi connectivity index (χ4v) is 4.04. The van der Waals surface area contributed by atoms with Crippen molar-refractivity contribution in [1.82, 2.24) is 4.98 Å². The monoisotopic (exact) mass is 413 g/mol. The first-order valence-corrected chi connectivity index (χ1v) is 11.0. The van der Waals surface area contributed by atoms with Gasteiger partial charge in [-0.3, -0.25) is 9.52 Å². The first-order valence-electron chi connectivity index (χ1n) is 8.56. The van der Waals surface area contributed by atoms with E-state index < -0.39 is 10.0 Å². The average Bonchev–Trinajstić information content (AvgIpc) is 2.70. The normalized spacial score (nSPS) is 11.0. The van der Waals surface area contributed by atoms with Crippen LogP contribution in [0, 0.1) is 0 Å². The van der Waals surface area contributed by atoms with Crippen LogP contribution in [0.15, 0.2) is 82.8 Å². The number of benzene rings is 2. The number of para-hydroxylation sites is 1. The van der Waals surface area contributed by atoms with Crippen LogP contribution in [0.5, 0.6) is 0 Å². The van der Waals surface area contributed by atoms with Crippen LogP contribution in [0.25, 0.3) is 0 Å². The predicted octanol–water partition coefficient (Wildman–Crippen LogP) is 4.25. The Kier molecular flexibility index (Phi) is 6.33. The van der Waals surface area contributed by atoms with Gasteiger partial charge in [0, 0.05) is 11.3 Å². The van der Waals surface area contributed by atoms with Crippen molar-refractivity contribution in [3.05, 3.63) is 78.5 Å². The van der Waals surface area contributed by atoms with Gasteiger partial charge in [-0.1, -0.05) is 25.1 Å². The molecule has 0 saturated heterocycles. The van der Waals surface area contributed by atoms with E-state index in [1.807, 2.05) is 13.0 Å². The van der Waals surface area contributed by atoms with Gasteiger partial charge >= 0.3 is 0 Å². The number of carbonyl (C=O) groups excluding carboxylic acids is 1. The highest BCUT2D eigenvalue weighted by Gasteiger charge is 2.15. The van der Waals surface area contributed by atoms with E-state index in [2.05, 4.69) is 15.0 Å². The number of nitrogens with one attached hydrogen (secondary N) is 2. The van der Waals surface area contributed by atoms with Gasteiger partial charge in [0.25, 0.3) is 15.9 Å². The maximum absolute atomic E-state index is 12.4. The molecule has 144 valence electrons. The molecule has 3 aromatic rings. The van der Waals surface area contributed by atoms with Gasteiger partial charge in [-0.15, -0.1) is 11.8 Å². The molecule has 2 N–H and O–H groups in total. The Morgan fingerprint density at radius 3 is 2.29 bits per heavy atom.